The summed E-state index contributed by atoms with van der Waals surface area (Å²) in [6.07, 6.45) is 0. The smallest absolute Gasteiger partial charge is 0.330 e. The number of ether oxygens (including phenoxy) is 1. The van der Waals surface area contributed by atoms with Crippen molar-refractivity contribution in [2.75, 3.05) is 13.7 Å². The second kappa shape index (κ2) is 6.40. The SMILES string of the molecule is COC(=O)CO[Si](C(C)C)(C(C)C)C(C)C. The average Bonchev–Trinajstić information content (AvgIpc) is 2.16. The molecule has 0 aromatic heterocycles. The van der Waals surface area contributed by atoms with Crippen molar-refractivity contribution in [2.45, 2.75) is 58.2 Å². The standard InChI is InChI=1S/C12H26O3Si/c1-9(2)16(10(3)4,11(5)6)15-8-12(13)14-7/h9-11H,8H2,1-7H3. The van der Waals surface area contributed by atoms with E-state index in [9.17, 15) is 4.79 Å². The summed E-state index contributed by atoms with van der Waals surface area (Å²) in [5, 5.41) is 0. The van der Waals surface area contributed by atoms with Gasteiger partial charge in [-0.3, -0.25) is 0 Å². The topological polar surface area (TPSA) is 35.5 Å². The molecule has 0 N–H and O–H groups in total. The molecule has 16 heavy (non-hydrogen) atoms. The molecule has 0 aromatic rings. The first-order chi connectivity index (χ1) is 7.28. The second-order valence-corrected chi connectivity index (χ2v) is 10.6. The van der Waals surface area contributed by atoms with Crippen LogP contribution in [0.15, 0.2) is 0 Å². The van der Waals surface area contributed by atoms with E-state index in [1.807, 2.05) is 0 Å². The number of hydrogen-bond donors (Lipinski definition) is 0. The Hall–Kier alpha value is -0.353. The maximum absolute atomic E-state index is 11.2. The van der Waals surface area contributed by atoms with Crippen LogP contribution >= 0.6 is 0 Å². The van der Waals surface area contributed by atoms with Crippen molar-refractivity contribution in [2.24, 2.45) is 0 Å². The van der Waals surface area contributed by atoms with E-state index in [1.165, 1.54) is 7.11 Å². The van der Waals surface area contributed by atoms with E-state index >= 15 is 0 Å². The first-order valence-corrected chi connectivity index (χ1v) is 8.13. The summed E-state index contributed by atoms with van der Waals surface area (Å²) in [6.45, 7) is 13.3. The van der Waals surface area contributed by atoms with Gasteiger partial charge in [-0.2, -0.15) is 0 Å². The van der Waals surface area contributed by atoms with Gasteiger partial charge in [-0.1, -0.05) is 41.5 Å². The van der Waals surface area contributed by atoms with Gasteiger partial charge < -0.3 is 9.16 Å². The molecule has 4 heteroatoms. The molecule has 0 fully saturated rings. The zero-order chi connectivity index (χ0) is 12.9. The number of carbonyl (C=O) groups excluding carboxylic acids is 1. The molecule has 0 unspecified atom stereocenters. The maximum atomic E-state index is 11.2. The first-order valence-electron chi connectivity index (χ1n) is 5.99. The van der Waals surface area contributed by atoms with Gasteiger partial charge in [0.1, 0.15) is 6.61 Å². The largest absolute Gasteiger partial charge is 0.467 e. The van der Waals surface area contributed by atoms with E-state index in [2.05, 4.69) is 46.3 Å². The van der Waals surface area contributed by atoms with Crippen LogP contribution < -0.4 is 0 Å². The summed E-state index contributed by atoms with van der Waals surface area (Å²) in [4.78, 5) is 11.2. The van der Waals surface area contributed by atoms with E-state index in [-0.39, 0.29) is 12.6 Å². The van der Waals surface area contributed by atoms with E-state index in [0.717, 1.165) is 0 Å². The third kappa shape index (κ3) is 3.32. The summed E-state index contributed by atoms with van der Waals surface area (Å²) in [5.41, 5.74) is 1.49. The zero-order valence-electron chi connectivity index (χ0n) is 11.7. The third-order valence-electron chi connectivity index (χ3n) is 3.37. The quantitative estimate of drug-likeness (QED) is 0.532. The van der Waals surface area contributed by atoms with Gasteiger partial charge in [0.05, 0.1) is 7.11 Å². The van der Waals surface area contributed by atoms with Gasteiger partial charge in [-0.15, -0.1) is 0 Å². The van der Waals surface area contributed by atoms with Crippen LogP contribution in [0.4, 0.5) is 0 Å². The highest BCUT2D eigenvalue weighted by Gasteiger charge is 2.45. The van der Waals surface area contributed by atoms with Crippen LogP contribution in [-0.4, -0.2) is 28.0 Å². The summed E-state index contributed by atoms with van der Waals surface area (Å²) < 4.78 is 10.7. The predicted molar refractivity (Wildman–Crippen MR) is 69.0 cm³/mol. The number of hydrogen-bond acceptors (Lipinski definition) is 3. The highest BCUT2D eigenvalue weighted by molar-refractivity contribution is 6.77. The van der Waals surface area contributed by atoms with Crippen LogP contribution in [0, 0.1) is 0 Å². The highest BCUT2D eigenvalue weighted by Crippen LogP contribution is 2.42. The normalized spacial score (nSPS) is 12.6. The minimum absolute atomic E-state index is 0.0945. The summed E-state index contributed by atoms with van der Waals surface area (Å²) in [5.74, 6) is -0.279. The number of rotatable bonds is 6. The lowest BCUT2D eigenvalue weighted by molar-refractivity contribution is -0.143. The summed E-state index contributed by atoms with van der Waals surface area (Å²) in [6, 6.07) is 0. The average molecular weight is 246 g/mol. The van der Waals surface area contributed by atoms with E-state index in [4.69, 9.17) is 4.43 Å². The monoisotopic (exact) mass is 246 g/mol. The highest BCUT2D eigenvalue weighted by atomic mass is 28.4. The molecule has 3 nitrogen and oxygen atoms in total. The van der Waals surface area contributed by atoms with Crippen LogP contribution in [0.3, 0.4) is 0 Å². The molecule has 0 saturated carbocycles. The fraction of sp³-hybridized carbons (Fsp3) is 0.917. The Morgan fingerprint density at radius 1 is 1.00 bits per heavy atom. The van der Waals surface area contributed by atoms with Gasteiger partial charge in [-0.05, 0) is 16.6 Å². The van der Waals surface area contributed by atoms with Gasteiger partial charge in [0, 0.05) is 0 Å². The lowest BCUT2D eigenvalue weighted by Gasteiger charge is -2.41. The second-order valence-electron chi connectivity index (χ2n) is 5.18. The number of methoxy groups -OCH3 is 1. The number of carbonyl (C=O) groups is 1. The molecule has 0 spiro atoms. The van der Waals surface area contributed by atoms with Crippen LogP contribution in [-0.2, 0) is 14.0 Å². The molecule has 96 valence electrons. The fourth-order valence-corrected chi connectivity index (χ4v) is 8.11. The molecular formula is C12H26O3Si. The van der Waals surface area contributed by atoms with Gasteiger partial charge in [0.2, 0.25) is 8.32 Å². The Morgan fingerprint density at radius 3 is 1.62 bits per heavy atom. The van der Waals surface area contributed by atoms with Crippen molar-refractivity contribution in [3.8, 4) is 0 Å². The van der Waals surface area contributed by atoms with Crippen molar-refractivity contribution in [3.63, 3.8) is 0 Å². The summed E-state index contributed by atoms with van der Waals surface area (Å²) in [7, 11) is -0.510. The van der Waals surface area contributed by atoms with Gasteiger partial charge in [-0.25, -0.2) is 4.79 Å². The molecule has 0 rings (SSSR count). The summed E-state index contributed by atoms with van der Waals surface area (Å²) >= 11 is 0. The van der Waals surface area contributed by atoms with Crippen molar-refractivity contribution >= 4 is 14.3 Å². The first kappa shape index (κ1) is 15.6. The number of esters is 1. The Labute approximate surface area is 101 Å². The molecule has 0 saturated heterocycles. The van der Waals surface area contributed by atoms with Crippen molar-refractivity contribution in [1.82, 2.24) is 0 Å². The van der Waals surface area contributed by atoms with Gasteiger partial charge in [0.15, 0.2) is 0 Å². The lowest BCUT2D eigenvalue weighted by Crippen LogP contribution is -2.48. The lowest BCUT2D eigenvalue weighted by atomic mass is 10.5. The van der Waals surface area contributed by atoms with Crippen molar-refractivity contribution in [3.05, 3.63) is 0 Å². The Bertz CT molecular complexity index is 203. The minimum Gasteiger partial charge on any atom is -0.467 e. The van der Waals surface area contributed by atoms with Gasteiger partial charge in [0.25, 0.3) is 0 Å². The third-order valence-corrected chi connectivity index (χ3v) is 9.43. The van der Waals surface area contributed by atoms with Crippen LogP contribution in [0.2, 0.25) is 16.6 Å². The molecule has 0 aliphatic carbocycles. The molecule has 0 radical (unpaired) electrons. The minimum atomic E-state index is -1.91. The van der Waals surface area contributed by atoms with Crippen LogP contribution in [0.25, 0.3) is 0 Å². The fourth-order valence-electron chi connectivity index (χ4n) is 2.74. The molecule has 0 aromatic carbocycles. The van der Waals surface area contributed by atoms with Crippen LogP contribution in [0.5, 0.6) is 0 Å². The van der Waals surface area contributed by atoms with E-state index in [1.54, 1.807) is 0 Å². The maximum Gasteiger partial charge on any atom is 0.330 e. The molecule has 0 bridgehead atoms. The zero-order valence-corrected chi connectivity index (χ0v) is 12.7. The molecule has 0 aliphatic heterocycles. The molecule has 0 atom stereocenters. The van der Waals surface area contributed by atoms with E-state index in [0.29, 0.717) is 16.6 Å². The van der Waals surface area contributed by atoms with Crippen LogP contribution in [0.1, 0.15) is 41.5 Å². The molecule has 0 amide bonds. The Kier molecular flexibility index (Phi) is 6.26. The molecule has 0 aliphatic rings. The molecule has 0 heterocycles. The van der Waals surface area contributed by atoms with Crippen molar-refractivity contribution in [1.29, 1.82) is 0 Å². The van der Waals surface area contributed by atoms with Gasteiger partial charge >= 0.3 is 5.97 Å². The van der Waals surface area contributed by atoms with E-state index < -0.39 is 8.32 Å². The Balaban J connectivity index is 4.84. The predicted octanol–water partition coefficient (Wildman–Crippen LogP) is 3.35. The Morgan fingerprint density at radius 2 is 1.38 bits per heavy atom. The van der Waals surface area contributed by atoms with Crippen molar-refractivity contribution < 1.29 is 14.0 Å². The molecular weight excluding hydrogens is 220 g/mol.